The van der Waals surface area contributed by atoms with Crippen molar-refractivity contribution < 1.29 is 18.1 Å². The number of carbonyl (C=O) groups excluding carboxylic acids is 1. The number of aromatic nitrogens is 2. The summed E-state index contributed by atoms with van der Waals surface area (Å²) >= 11 is 0. The van der Waals surface area contributed by atoms with E-state index < -0.39 is 20.9 Å². The zero-order chi connectivity index (χ0) is 19.8. The first-order valence-electron chi connectivity index (χ1n) is 7.45. The number of rotatable bonds is 5. The molecule has 0 radical (unpaired) electrons. The molecule has 5 N–H and O–H groups in total. The summed E-state index contributed by atoms with van der Waals surface area (Å²) < 4.78 is 23.9. The maximum Gasteiger partial charge on any atom is 0.269 e. The molecule has 0 bridgehead atoms. The van der Waals surface area contributed by atoms with Crippen molar-refractivity contribution in [1.82, 2.24) is 10.2 Å². The van der Waals surface area contributed by atoms with Gasteiger partial charge in [-0.05, 0) is 18.2 Å². The van der Waals surface area contributed by atoms with E-state index in [9.17, 15) is 23.3 Å². The van der Waals surface area contributed by atoms with E-state index in [0.717, 1.165) is 0 Å². The zero-order valence-electron chi connectivity index (χ0n) is 13.6. The smallest absolute Gasteiger partial charge is 0.269 e. The molecule has 10 nitrogen and oxygen atoms in total. The zero-order valence-corrected chi connectivity index (χ0v) is 14.4. The van der Waals surface area contributed by atoms with Crippen LogP contribution in [0.1, 0.15) is 10.5 Å². The highest BCUT2D eigenvalue weighted by atomic mass is 32.2. The highest BCUT2D eigenvalue weighted by Crippen LogP contribution is 2.36. The molecule has 0 aliphatic heterocycles. The van der Waals surface area contributed by atoms with Gasteiger partial charge in [0, 0.05) is 28.8 Å². The number of primary amides is 1. The van der Waals surface area contributed by atoms with Crippen molar-refractivity contribution in [3.63, 3.8) is 0 Å². The predicted molar refractivity (Wildman–Crippen MR) is 96.0 cm³/mol. The predicted octanol–water partition coefficient (Wildman–Crippen LogP) is 1.40. The standard InChI is InChI=1S/C16H13N5O5S/c17-16(22)15-13(11-3-1-2-4-12(11)27(18,25)26)14(19-20-15)9-5-7-10(8-6-9)21(23)24/h1-8H,(H2,17,22)(H,19,20)(H2,18,25,26). The second-order valence-electron chi connectivity index (χ2n) is 5.53. The number of aromatic amines is 1. The van der Waals surface area contributed by atoms with Crippen LogP contribution in [0.3, 0.4) is 0 Å². The van der Waals surface area contributed by atoms with Gasteiger partial charge in [-0.25, -0.2) is 13.6 Å². The fourth-order valence-corrected chi connectivity index (χ4v) is 3.41. The lowest BCUT2D eigenvalue weighted by atomic mass is 9.98. The number of nitrogens with one attached hydrogen (secondary N) is 1. The van der Waals surface area contributed by atoms with Crippen LogP contribution in [-0.2, 0) is 10.0 Å². The Morgan fingerprint density at radius 1 is 1.11 bits per heavy atom. The van der Waals surface area contributed by atoms with Gasteiger partial charge < -0.3 is 5.73 Å². The minimum atomic E-state index is -4.10. The van der Waals surface area contributed by atoms with Crippen molar-refractivity contribution in [2.75, 3.05) is 0 Å². The molecule has 2 aromatic carbocycles. The van der Waals surface area contributed by atoms with E-state index >= 15 is 0 Å². The summed E-state index contributed by atoms with van der Waals surface area (Å²) in [7, 11) is -4.10. The molecule has 1 aromatic heterocycles. The van der Waals surface area contributed by atoms with Crippen LogP contribution in [0.15, 0.2) is 53.4 Å². The molecule has 0 unspecified atom stereocenters. The van der Waals surface area contributed by atoms with Crippen LogP contribution in [0, 0.1) is 10.1 Å². The topological polar surface area (TPSA) is 175 Å². The van der Waals surface area contributed by atoms with Gasteiger partial charge >= 0.3 is 0 Å². The Balaban J connectivity index is 2.29. The average Bonchev–Trinajstić information content (AvgIpc) is 3.06. The molecule has 0 saturated carbocycles. The van der Waals surface area contributed by atoms with Crippen LogP contribution < -0.4 is 10.9 Å². The Hall–Kier alpha value is -3.57. The number of non-ortho nitro benzene ring substituents is 1. The monoisotopic (exact) mass is 387 g/mol. The number of hydrogen-bond donors (Lipinski definition) is 3. The van der Waals surface area contributed by atoms with E-state index in [4.69, 9.17) is 10.9 Å². The number of amides is 1. The number of nitrogens with zero attached hydrogens (tertiary/aromatic N) is 2. The number of benzene rings is 2. The Labute approximate surface area is 153 Å². The van der Waals surface area contributed by atoms with Crippen molar-refractivity contribution in [2.45, 2.75) is 4.90 Å². The third-order valence-electron chi connectivity index (χ3n) is 3.83. The van der Waals surface area contributed by atoms with Crippen molar-refractivity contribution in [2.24, 2.45) is 10.9 Å². The Bertz CT molecular complexity index is 1150. The van der Waals surface area contributed by atoms with Crippen molar-refractivity contribution in [3.05, 3.63) is 64.3 Å². The number of sulfonamides is 1. The van der Waals surface area contributed by atoms with Gasteiger partial charge in [0.15, 0.2) is 5.69 Å². The lowest BCUT2D eigenvalue weighted by molar-refractivity contribution is -0.384. The number of carbonyl (C=O) groups is 1. The van der Waals surface area contributed by atoms with Crippen LogP contribution in [0.25, 0.3) is 22.4 Å². The third-order valence-corrected chi connectivity index (χ3v) is 4.80. The molecule has 0 spiro atoms. The van der Waals surface area contributed by atoms with E-state index in [2.05, 4.69) is 10.2 Å². The molecular weight excluding hydrogens is 374 g/mol. The summed E-state index contributed by atoms with van der Waals surface area (Å²) in [5.41, 5.74) is 6.06. The Morgan fingerprint density at radius 3 is 2.30 bits per heavy atom. The highest BCUT2D eigenvalue weighted by Gasteiger charge is 2.25. The fourth-order valence-electron chi connectivity index (χ4n) is 2.66. The largest absolute Gasteiger partial charge is 0.364 e. The molecule has 3 rings (SSSR count). The molecule has 1 heterocycles. The van der Waals surface area contributed by atoms with Gasteiger partial charge in [-0.2, -0.15) is 5.10 Å². The van der Waals surface area contributed by atoms with Crippen molar-refractivity contribution in [3.8, 4) is 22.4 Å². The Morgan fingerprint density at radius 2 is 1.74 bits per heavy atom. The van der Waals surface area contributed by atoms with Crippen LogP contribution in [0.4, 0.5) is 5.69 Å². The van der Waals surface area contributed by atoms with E-state index in [-0.39, 0.29) is 33.1 Å². The van der Waals surface area contributed by atoms with Gasteiger partial charge in [-0.3, -0.25) is 20.0 Å². The van der Waals surface area contributed by atoms with Crippen LogP contribution >= 0.6 is 0 Å². The lowest BCUT2D eigenvalue weighted by Gasteiger charge is -2.10. The van der Waals surface area contributed by atoms with Crippen LogP contribution in [-0.4, -0.2) is 29.4 Å². The first-order valence-corrected chi connectivity index (χ1v) is 9.00. The summed E-state index contributed by atoms with van der Waals surface area (Å²) in [5.74, 6) is -0.876. The molecule has 3 aromatic rings. The average molecular weight is 387 g/mol. The van der Waals surface area contributed by atoms with Crippen molar-refractivity contribution in [1.29, 1.82) is 0 Å². The normalized spacial score (nSPS) is 11.3. The fraction of sp³-hybridized carbons (Fsp3) is 0. The summed E-state index contributed by atoms with van der Waals surface area (Å²) in [6.07, 6.45) is 0. The highest BCUT2D eigenvalue weighted by molar-refractivity contribution is 7.89. The number of nitro benzene ring substituents is 1. The number of nitro groups is 1. The maximum atomic E-state index is 12.0. The molecule has 138 valence electrons. The SMILES string of the molecule is NC(=O)c1n[nH]c(-c2ccc([N+](=O)[O-])cc2)c1-c1ccccc1S(N)(=O)=O. The first kappa shape index (κ1) is 18.2. The summed E-state index contributed by atoms with van der Waals surface area (Å²) in [6.45, 7) is 0. The summed E-state index contributed by atoms with van der Waals surface area (Å²) in [6, 6.07) is 11.2. The summed E-state index contributed by atoms with van der Waals surface area (Å²) in [4.78, 5) is 21.9. The maximum absolute atomic E-state index is 12.0. The molecule has 0 aliphatic carbocycles. The number of nitrogens with two attached hydrogens (primary N) is 2. The van der Waals surface area contributed by atoms with Crippen LogP contribution in [0.5, 0.6) is 0 Å². The number of hydrogen-bond acceptors (Lipinski definition) is 6. The second-order valence-corrected chi connectivity index (χ2v) is 7.06. The van der Waals surface area contributed by atoms with Gasteiger partial charge in [0.2, 0.25) is 10.0 Å². The van der Waals surface area contributed by atoms with Gasteiger partial charge in [0.05, 0.1) is 15.5 Å². The van der Waals surface area contributed by atoms with E-state index in [1.165, 1.54) is 42.5 Å². The number of H-pyrrole nitrogens is 1. The molecule has 1 amide bonds. The van der Waals surface area contributed by atoms with Gasteiger partial charge in [-0.1, -0.05) is 18.2 Å². The molecule has 11 heteroatoms. The quantitative estimate of drug-likeness (QED) is 0.440. The minimum absolute atomic E-state index is 0.125. The first-order chi connectivity index (χ1) is 12.7. The molecule has 27 heavy (non-hydrogen) atoms. The van der Waals surface area contributed by atoms with E-state index in [1.54, 1.807) is 6.07 Å². The molecule has 0 fully saturated rings. The molecule has 0 saturated heterocycles. The molecule has 0 aliphatic rings. The minimum Gasteiger partial charge on any atom is -0.364 e. The van der Waals surface area contributed by atoms with Gasteiger partial charge in [0.1, 0.15) is 0 Å². The lowest BCUT2D eigenvalue weighted by Crippen LogP contribution is -2.16. The van der Waals surface area contributed by atoms with Crippen molar-refractivity contribution >= 4 is 21.6 Å². The number of primary sulfonamides is 1. The van der Waals surface area contributed by atoms with Gasteiger partial charge in [-0.15, -0.1) is 0 Å². The second kappa shape index (κ2) is 6.63. The molecular formula is C16H13N5O5S. The van der Waals surface area contributed by atoms with E-state index in [1.807, 2.05) is 0 Å². The van der Waals surface area contributed by atoms with Crippen LogP contribution in [0.2, 0.25) is 0 Å². The molecule has 0 atom stereocenters. The van der Waals surface area contributed by atoms with E-state index in [0.29, 0.717) is 5.56 Å². The van der Waals surface area contributed by atoms with Gasteiger partial charge in [0.25, 0.3) is 11.6 Å². The summed E-state index contributed by atoms with van der Waals surface area (Å²) in [5, 5.41) is 22.6. The Kier molecular flexibility index (Phi) is 4.47. The third kappa shape index (κ3) is 3.41.